The van der Waals surface area contributed by atoms with Crippen LogP contribution in [0, 0.1) is 6.92 Å². The highest BCUT2D eigenvalue weighted by Gasteiger charge is 2.12. The second-order valence-electron chi connectivity index (χ2n) is 4.45. The summed E-state index contributed by atoms with van der Waals surface area (Å²) in [6.45, 7) is 1.82. The Morgan fingerprint density at radius 3 is 2.57 bits per heavy atom. The average Bonchev–Trinajstić information content (AvgIpc) is 2.40. The van der Waals surface area contributed by atoms with Gasteiger partial charge in [0.15, 0.2) is 0 Å². The highest BCUT2D eigenvalue weighted by atomic mass is 79.9. The first kappa shape index (κ1) is 15.5. The molecule has 108 valence electrons. The predicted octanol–water partition coefficient (Wildman–Crippen LogP) is 4.36. The zero-order valence-electron chi connectivity index (χ0n) is 11.0. The van der Waals surface area contributed by atoms with Crippen LogP contribution in [0.2, 0.25) is 5.02 Å². The molecule has 1 amide bonds. The van der Waals surface area contributed by atoms with E-state index in [1.807, 2.05) is 19.1 Å². The number of amides is 1. The van der Waals surface area contributed by atoms with Gasteiger partial charge in [-0.15, -0.1) is 0 Å². The van der Waals surface area contributed by atoms with Gasteiger partial charge in [-0.25, -0.2) is 4.79 Å². The molecule has 0 unspecified atom stereocenters. The number of nitrogens with one attached hydrogen (secondary N) is 1. The molecule has 2 rings (SSSR count). The van der Waals surface area contributed by atoms with Crippen molar-refractivity contribution in [2.75, 3.05) is 5.32 Å². The number of aromatic carboxylic acids is 1. The third-order valence-electron chi connectivity index (χ3n) is 2.85. The standard InChI is InChI=1S/C15H11BrClNO3/c1-8-2-3-10(16)6-13(8)14(19)18-12-5-9(15(20)21)4-11(17)7-12/h2-7H,1H3,(H,18,19)(H,20,21). The summed E-state index contributed by atoms with van der Waals surface area (Å²) in [4.78, 5) is 23.2. The van der Waals surface area contributed by atoms with Crippen molar-refractivity contribution in [2.45, 2.75) is 6.92 Å². The second-order valence-corrected chi connectivity index (χ2v) is 5.80. The lowest BCUT2D eigenvalue weighted by Crippen LogP contribution is -2.14. The largest absolute Gasteiger partial charge is 0.478 e. The zero-order chi connectivity index (χ0) is 15.6. The molecule has 0 aliphatic carbocycles. The molecule has 6 heteroatoms. The Bertz CT molecular complexity index is 731. The summed E-state index contributed by atoms with van der Waals surface area (Å²) >= 11 is 9.17. The molecule has 2 aromatic rings. The summed E-state index contributed by atoms with van der Waals surface area (Å²) in [6.07, 6.45) is 0. The summed E-state index contributed by atoms with van der Waals surface area (Å²) < 4.78 is 0.788. The molecule has 0 saturated carbocycles. The van der Waals surface area contributed by atoms with Gasteiger partial charge in [-0.05, 0) is 42.8 Å². The van der Waals surface area contributed by atoms with Gasteiger partial charge in [-0.2, -0.15) is 0 Å². The van der Waals surface area contributed by atoms with Gasteiger partial charge in [0.25, 0.3) is 5.91 Å². The quantitative estimate of drug-likeness (QED) is 0.846. The fraction of sp³-hybridized carbons (Fsp3) is 0.0667. The SMILES string of the molecule is Cc1ccc(Br)cc1C(=O)Nc1cc(Cl)cc(C(=O)O)c1. The van der Waals surface area contributed by atoms with Crippen LogP contribution in [0.1, 0.15) is 26.3 Å². The first-order valence-corrected chi connectivity index (χ1v) is 7.15. The third kappa shape index (κ3) is 3.83. The number of carbonyl (C=O) groups excluding carboxylic acids is 1. The normalized spacial score (nSPS) is 10.2. The van der Waals surface area contributed by atoms with Crippen molar-refractivity contribution in [1.29, 1.82) is 0 Å². The third-order valence-corrected chi connectivity index (χ3v) is 3.56. The van der Waals surface area contributed by atoms with Crippen LogP contribution in [0.25, 0.3) is 0 Å². The van der Waals surface area contributed by atoms with Gasteiger partial charge in [0.05, 0.1) is 5.56 Å². The Hall–Kier alpha value is -1.85. The van der Waals surface area contributed by atoms with Gasteiger partial charge in [-0.1, -0.05) is 33.6 Å². The van der Waals surface area contributed by atoms with E-state index in [0.29, 0.717) is 11.3 Å². The van der Waals surface area contributed by atoms with Crippen LogP contribution < -0.4 is 5.32 Å². The molecule has 0 aromatic heterocycles. The number of aryl methyl sites for hydroxylation is 1. The Balaban J connectivity index is 2.31. The highest BCUT2D eigenvalue weighted by Crippen LogP contribution is 2.21. The lowest BCUT2D eigenvalue weighted by Gasteiger charge is -2.09. The van der Waals surface area contributed by atoms with Crippen LogP contribution in [0.15, 0.2) is 40.9 Å². The molecule has 0 spiro atoms. The number of carbonyl (C=O) groups is 2. The predicted molar refractivity (Wildman–Crippen MR) is 85.2 cm³/mol. The summed E-state index contributed by atoms with van der Waals surface area (Å²) in [5, 5.41) is 11.9. The van der Waals surface area contributed by atoms with Crippen molar-refractivity contribution in [3.63, 3.8) is 0 Å². The van der Waals surface area contributed by atoms with Crippen LogP contribution in [0.4, 0.5) is 5.69 Å². The Labute approximate surface area is 134 Å². The monoisotopic (exact) mass is 367 g/mol. The number of carboxylic acids is 1. The minimum absolute atomic E-state index is 0.0174. The molecule has 4 nitrogen and oxygen atoms in total. The topological polar surface area (TPSA) is 66.4 Å². The van der Waals surface area contributed by atoms with E-state index in [1.54, 1.807) is 6.07 Å². The van der Waals surface area contributed by atoms with E-state index >= 15 is 0 Å². The minimum Gasteiger partial charge on any atom is -0.478 e. The zero-order valence-corrected chi connectivity index (χ0v) is 13.3. The van der Waals surface area contributed by atoms with E-state index in [9.17, 15) is 9.59 Å². The van der Waals surface area contributed by atoms with Crippen LogP contribution >= 0.6 is 27.5 Å². The van der Waals surface area contributed by atoms with Gasteiger partial charge in [-0.3, -0.25) is 4.79 Å². The van der Waals surface area contributed by atoms with E-state index in [0.717, 1.165) is 10.0 Å². The number of benzene rings is 2. The summed E-state index contributed by atoms with van der Waals surface area (Å²) in [7, 11) is 0. The first-order valence-electron chi connectivity index (χ1n) is 5.98. The van der Waals surface area contributed by atoms with Crippen molar-refractivity contribution >= 4 is 45.1 Å². The van der Waals surface area contributed by atoms with E-state index < -0.39 is 5.97 Å². The molecule has 2 aromatic carbocycles. The van der Waals surface area contributed by atoms with Gasteiger partial charge in [0.1, 0.15) is 0 Å². The summed E-state index contributed by atoms with van der Waals surface area (Å²) in [5.41, 5.74) is 1.67. The molecular formula is C15H11BrClNO3. The first-order chi connectivity index (χ1) is 9.86. The van der Waals surface area contributed by atoms with E-state index in [1.165, 1.54) is 18.2 Å². The van der Waals surface area contributed by atoms with Crippen LogP contribution in [0.5, 0.6) is 0 Å². The molecule has 0 aliphatic rings. The van der Waals surface area contributed by atoms with E-state index in [-0.39, 0.29) is 16.5 Å². The van der Waals surface area contributed by atoms with E-state index in [4.69, 9.17) is 16.7 Å². The van der Waals surface area contributed by atoms with Gasteiger partial charge >= 0.3 is 5.97 Å². The molecule has 0 radical (unpaired) electrons. The maximum atomic E-state index is 12.3. The smallest absolute Gasteiger partial charge is 0.335 e. The maximum Gasteiger partial charge on any atom is 0.335 e. The summed E-state index contributed by atoms with van der Waals surface area (Å²) in [5.74, 6) is -1.43. The molecule has 0 bridgehead atoms. The molecule has 2 N–H and O–H groups in total. The highest BCUT2D eigenvalue weighted by molar-refractivity contribution is 9.10. The molecular weight excluding hydrogens is 358 g/mol. The number of carboxylic acid groups (broad SMARTS) is 1. The van der Waals surface area contributed by atoms with Crippen molar-refractivity contribution in [3.8, 4) is 0 Å². The number of hydrogen-bond donors (Lipinski definition) is 2. The number of anilines is 1. The second kappa shape index (κ2) is 6.28. The van der Waals surface area contributed by atoms with Gasteiger partial charge in [0, 0.05) is 20.7 Å². The van der Waals surface area contributed by atoms with Gasteiger partial charge in [0.2, 0.25) is 0 Å². The molecule has 21 heavy (non-hydrogen) atoms. The van der Waals surface area contributed by atoms with Crippen molar-refractivity contribution in [2.24, 2.45) is 0 Å². The summed E-state index contributed by atoms with van der Waals surface area (Å²) in [6, 6.07) is 9.55. The lowest BCUT2D eigenvalue weighted by atomic mass is 10.1. The van der Waals surface area contributed by atoms with Crippen molar-refractivity contribution in [1.82, 2.24) is 0 Å². The Kier molecular flexibility index (Phi) is 4.65. The minimum atomic E-state index is -1.10. The molecule has 0 saturated heterocycles. The maximum absolute atomic E-state index is 12.3. The van der Waals surface area contributed by atoms with Crippen LogP contribution in [0.3, 0.4) is 0 Å². The molecule has 0 aliphatic heterocycles. The van der Waals surface area contributed by atoms with Crippen molar-refractivity contribution in [3.05, 3.63) is 62.6 Å². The van der Waals surface area contributed by atoms with Gasteiger partial charge < -0.3 is 10.4 Å². The van der Waals surface area contributed by atoms with Crippen molar-refractivity contribution < 1.29 is 14.7 Å². The lowest BCUT2D eigenvalue weighted by molar-refractivity contribution is 0.0696. The average molecular weight is 369 g/mol. The fourth-order valence-electron chi connectivity index (χ4n) is 1.82. The van der Waals surface area contributed by atoms with Crippen LogP contribution in [-0.4, -0.2) is 17.0 Å². The number of rotatable bonds is 3. The van der Waals surface area contributed by atoms with E-state index in [2.05, 4.69) is 21.2 Å². The number of hydrogen-bond acceptors (Lipinski definition) is 2. The molecule has 0 atom stereocenters. The van der Waals surface area contributed by atoms with Crippen LogP contribution in [-0.2, 0) is 0 Å². The Morgan fingerprint density at radius 2 is 1.90 bits per heavy atom. The Morgan fingerprint density at radius 1 is 1.19 bits per heavy atom. The number of halogens is 2. The molecule has 0 fully saturated rings. The molecule has 0 heterocycles. The fourth-order valence-corrected chi connectivity index (χ4v) is 2.42.